The lowest BCUT2D eigenvalue weighted by atomic mass is 10.00. The number of pyridine rings is 1. The fourth-order valence-electron chi connectivity index (χ4n) is 4.31. The van der Waals surface area contributed by atoms with Crippen LogP contribution in [0.3, 0.4) is 0 Å². The summed E-state index contributed by atoms with van der Waals surface area (Å²) in [7, 11) is 3.23. The van der Waals surface area contributed by atoms with Crippen molar-refractivity contribution in [1.82, 2.24) is 14.8 Å². The molecule has 0 bridgehead atoms. The van der Waals surface area contributed by atoms with Gasteiger partial charge in [0.15, 0.2) is 0 Å². The molecule has 0 aliphatic carbocycles. The van der Waals surface area contributed by atoms with Crippen molar-refractivity contribution in [2.24, 2.45) is 5.92 Å². The lowest BCUT2D eigenvalue weighted by Gasteiger charge is -2.37. The van der Waals surface area contributed by atoms with Crippen LogP contribution in [0.1, 0.15) is 35.3 Å². The molecule has 10 heteroatoms. The second-order valence-corrected chi connectivity index (χ2v) is 10.00. The maximum atomic E-state index is 13.6. The minimum atomic E-state index is -0.509. The minimum absolute atomic E-state index is 0.123. The van der Waals surface area contributed by atoms with Gasteiger partial charge in [-0.1, -0.05) is 18.8 Å². The average molecular weight is 561 g/mol. The van der Waals surface area contributed by atoms with Crippen molar-refractivity contribution in [2.75, 3.05) is 39.2 Å². The number of rotatable bonds is 6. The van der Waals surface area contributed by atoms with Gasteiger partial charge < -0.3 is 29.7 Å². The molecule has 0 saturated heterocycles. The molecule has 3 aromatic rings. The number of hydrogen-bond acceptors (Lipinski definition) is 6. The number of nitrogens with zero attached hydrogens (tertiary/aromatic N) is 3. The second-order valence-electron chi connectivity index (χ2n) is 10.00. The van der Waals surface area contributed by atoms with Gasteiger partial charge in [-0.15, -0.1) is 0 Å². The van der Waals surface area contributed by atoms with Crippen LogP contribution >= 0.6 is 0 Å². The lowest BCUT2D eigenvalue weighted by molar-refractivity contribution is 0.0356. The number of nitrogens with one attached hydrogen (secondary N) is 1. The summed E-state index contributed by atoms with van der Waals surface area (Å²) in [6, 6.07) is 13.6. The Morgan fingerprint density at radius 3 is 2.56 bits per heavy atom. The van der Waals surface area contributed by atoms with Gasteiger partial charge >= 0.3 is 6.03 Å². The van der Waals surface area contributed by atoms with Crippen LogP contribution in [0.2, 0.25) is 0 Å². The van der Waals surface area contributed by atoms with Gasteiger partial charge in [0, 0.05) is 42.5 Å². The van der Waals surface area contributed by atoms with E-state index in [1.807, 2.05) is 6.92 Å². The third-order valence-electron chi connectivity index (χ3n) is 6.86. The molecule has 9 nitrogen and oxygen atoms in total. The first kappa shape index (κ1) is 29.4. The summed E-state index contributed by atoms with van der Waals surface area (Å²) < 4.78 is 24.7. The topological polar surface area (TPSA) is 104 Å². The summed E-state index contributed by atoms with van der Waals surface area (Å²) >= 11 is 0. The van der Waals surface area contributed by atoms with Crippen LogP contribution in [0, 0.1) is 23.6 Å². The van der Waals surface area contributed by atoms with E-state index in [0.717, 1.165) is 0 Å². The Morgan fingerprint density at radius 1 is 1.22 bits per heavy atom. The molecular weight excluding hydrogens is 527 g/mol. The van der Waals surface area contributed by atoms with E-state index >= 15 is 0 Å². The van der Waals surface area contributed by atoms with Crippen molar-refractivity contribution in [3.8, 4) is 23.5 Å². The van der Waals surface area contributed by atoms with Gasteiger partial charge in [-0.25, -0.2) is 14.2 Å². The van der Waals surface area contributed by atoms with Crippen molar-refractivity contribution < 1.29 is 28.6 Å². The number of likely N-dealkylation sites (N-methyl/N-ethyl adjacent to an activating group) is 1. The fraction of sp³-hybridized carbons (Fsp3) is 0.323. The summed E-state index contributed by atoms with van der Waals surface area (Å²) in [5.41, 5.74) is 1.91. The van der Waals surface area contributed by atoms with E-state index in [-0.39, 0.29) is 48.3 Å². The lowest BCUT2D eigenvalue weighted by Crippen LogP contribution is -2.50. The molecule has 3 atom stereocenters. The first-order valence-electron chi connectivity index (χ1n) is 13.2. The molecule has 0 unspecified atom stereocenters. The molecule has 41 heavy (non-hydrogen) atoms. The summed E-state index contributed by atoms with van der Waals surface area (Å²) in [6.45, 7) is 3.98. The number of urea groups is 1. The van der Waals surface area contributed by atoms with Crippen LogP contribution < -0.4 is 14.8 Å². The highest BCUT2D eigenvalue weighted by molar-refractivity contribution is 5.97. The van der Waals surface area contributed by atoms with Gasteiger partial charge in [-0.3, -0.25) is 4.79 Å². The third kappa shape index (κ3) is 7.32. The molecule has 1 aromatic heterocycles. The highest BCUT2D eigenvalue weighted by Gasteiger charge is 2.34. The Morgan fingerprint density at radius 2 is 1.90 bits per heavy atom. The average Bonchev–Trinajstić information content (AvgIpc) is 2.98. The van der Waals surface area contributed by atoms with Crippen molar-refractivity contribution >= 4 is 17.6 Å². The number of ether oxygens (including phenoxy) is 2. The zero-order valence-corrected chi connectivity index (χ0v) is 23.4. The second kappa shape index (κ2) is 13.2. The molecule has 0 fully saturated rings. The molecule has 2 N–H and O–H groups in total. The monoisotopic (exact) mass is 560 g/mol. The van der Waals surface area contributed by atoms with E-state index in [9.17, 15) is 19.1 Å². The van der Waals surface area contributed by atoms with E-state index in [1.54, 1.807) is 68.4 Å². The SMILES string of the molecule is COc1ccc(NC(=O)N(C)C[C@@H]2Oc3ncc(C#Cc4ccc(F)cc4)cc3C(=O)N([C@H](C)CO)C[C@@H]2C)cc1. The number of fused-ring (bicyclic) bond motifs is 1. The minimum Gasteiger partial charge on any atom is -0.497 e. The van der Waals surface area contributed by atoms with E-state index < -0.39 is 12.1 Å². The number of halogens is 1. The largest absolute Gasteiger partial charge is 0.497 e. The fourth-order valence-corrected chi connectivity index (χ4v) is 4.31. The molecule has 2 heterocycles. The van der Waals surface area contributed by atoms with Crippen LogP contribution in [0.15, 0.2) is 60.8 Å². The number of aliphatic hydroxyl groups is 1. The number of amides is 3. The van der Waals surface area contributed by atoms with E-state index in [0.29, 0.717) is 29.1 Å². The number of carbonyl (C=O) groups excluding carboxylic acids is 2. The quantitative estimate of drug-likeness (QED) is 0.442. The van der Waals surface area contributed by atoms with E-state index in [1.165, 1.54) is 23.2 Å². The summed E-state index contributed by atoms with van der Waals surface area (Å²) in [4.78, 5) is 34.1. The van der Waals surface area contributed by atoms with Crippen molar-refractivity contribution in [3.63, 3.8) is 0 Å². The van der Waals surface area contributed by atoms with Crippen LogP contribution in [0.4, 0.5) is 14.9 Å². The predicted octanol–water partition coefficient (Wildman–Crippen LogP) is 4.01. The van der Waals surface area contributed by atoms with Gasteiger partial charge in [-0.05, 0) is 61.5 Å². The van der Waals surface area contributed by atoms with Gasteiger partial charge in [0.05, 0.1) is 26.3 Å². The maximum Gasteiger partial charge on any atom is 0.321 e. The number of carbonyl (C=O) groups is 2. The molecular formula is C31H33FN4O5. The standard InChI is InChI=1S/C31H33FN4O5/c1-20-17-36(21(2)19-37)30(38)27-15-23(6-5-22-7-9-24(32)10-8-22)16-33-29(27)41-28(20)18-35(3)31(39)34-25-11-13-26(40-4)14-12-25/h7-16,20-21,28,37H,17-19H2,1-4H3,(H,34,39)/t20-,21+,28-/m0/s1. The number of aromatic nitrogens is 1. The molecule has 3 amide bonds. The van der Waals surface area contributed by atoms with Crippen LogP contribution in [0.5, 0.6) is 11.6 Å². The number of aliphatic hydroxyl groups excluding tert-OH is 1. The highest BCUT2D eigenvalue weighted by Crippen LogP contribution is 2.27. The third-order valence-corrected chi connectivity index (χ3v) is 6.86. The molecule has 4 rings (SSSR count). The van der Waals surface area contributed by atoms with E-state index in [2.05, 4.69) is 22.1 Å². The van der Waals surface area contributed by atoms with Gasteiger partial charge in [0.25, 0.3) is 5.91 Å². The number of anilines is 1. The number of hydrogen-bond donors (Lipinski definition) is 2. The summed E-state index contributed by atoms with van der Waals surface area (Å²) in [5.74, 6) is 5.82. The van der Waals surface area contributed by atoms with Gasteiger partial charge in [0.2, 0.25) is 5.88 Å². The van der Waals surface area contributed by atoms with Crippen LogP contribution in [-0.4, -0.2) is 77.8 Å². The molecule has 0 saturated carbocycles. The number of methoxy groups -OCH3 is 1. The predicted molar refractivity (Wildman–Crippen MR) is 152 cm³/mol. The summed E-state index contributed by atoms with van der Waals surface area (Å²) in [5, 5.41) is 12.7. The highest BCUT2D eigenvalue weighted by atomic mass is 19.1. The molecule has 0 spiro atoms. The maximum absolute atomic E-state index is 13.6. The molecule has 0 radical (unpaired) electrons. The molecule has 1 aliphatic heterocycles. The molecule has 1 aliphatic rings. The Bertz CT molecular complexity index is 1440. The molecule has 214 valence electrons. The smallest absolute Gasteiger partial charge is 0.321 e. The Kier molecular flexibility index (Phi) is 9.42. The van der Waals surface area contributed by atoms with Crippen LogP contribution in [-0.2, 0) is 0 Å². The van der Waals surface area contributed by atoms with Gasteiger partial charge in [0.1, 0.15) is 23.2 Å². The van der Waals surface area contributed by atoms with Crippen molar-refractivity contribution in [2.45, 2.75) is 26.0 Å². The van der Waals surface area contributed by atoms with Crippen molar-refractivity contribution in [3.05, 3.63) is 83.3 Å². The normalized spacial score (nSPS) is 17.1. The van der Waals surface area contributed by atoms with Crippen molar-refractivity contribution in [1.29, 1.82) is 0 Å². The van der Waals surface area contributed by atoms with Gasteiger partial charge in [-0.2, -0.15) is 0 Å². The Hall–Kier alpha value is -4.62. The zero-order valence-electron chi connectivity index (χ0n) is 23.4. The van der Waals surface area contributed by atoms with Crippen LogP contribution in [0.25, 0.3) is 0 Å². The molecule has 2 aromatic carbocycles. The Labute approximate surface area is 238 Å². The summed E-state index contributed by atoms with van der Waals surface area (Å²) in [6.07, 6.45) is 0.997. The Balaban J connectivity index is 1.58. The number of benzene rings is 2. The van der Waals surface area contributed by atoms with E-state index in [4.69, 9.17) is 9.47 Å². The first-order chi connectivity index (χ1) is 19.7. The zero-order chi connectivity index (χ0) is 29.5. The first-order valence-corrected chi connectivity index (χ1v) is 13.2.